The van der Waals surface area contributed by atoms with Crippen molar-refractivity contribution in [1.29, 1.82) is 0 Å². The van der Waals surface area contributed by atoms with Gasteiger partial charge >= 0.3 is 5.97 Å². The van der Waals surface area contributed by atoms with Crippen LogP contribution in [0.2, 0.25) is 0 Å². The molecule has 0 saturated heterocycles. The minimum Gasteiger partial charge on any atom is -0.466 e. The van der Waals surface area contributed by atoms with Crippen LogP contribution in [0.5, 0.6) is 0 Å². The summed E-state index contributed by atoms with van der Waals surface area (Å²) < 4.78 is 5.46. The van der Waals surface area contributed by atoms with Crippen molar-refractivity contribution in [2.75, 3.05) is 6.61 Å². The lowest BCUT2D eigenvalue weighted by atomic mass is 10.0. The normalized spacial score (nSPS) is 11.4. The number of ether oxygens (including phenoxy) is 1. The molecule has 0 unspecified atom stereocenters. The number of carbonyl (C=O) groups excluding carboxylic acids is 1. The van der Waals surface area contributed by atoms with Crippen LogP contribution in [0.1, 0.15) is 264 Å². The third kappa shape index (κ3) is 41.4. The van der Waals surface area contributed by atoms with Crippen LogP contribution in [-0.2, 0) is 9.53 Å². The van der Waals surface area contributed by atoms with E-state index in [0.717, 1.165) is 12.8 Å². The molecule has 0 rings (SSSR count). The molecule has 2 heteroatoms. The van der Waals surface area contributed by atoms with Gasteiger partial charge in [0.15, 0.2) is 0 Å². The number of hydrogen-bond donors (Lipinski definition) is 0. The van der Waals surface area contributed by atoms with Crippen LogP contribution in [0.3, 0.4) is 0 Å². The maximum Gasteiger partial charge on any atom is 0.305 e. The fourth-order valence-electron chi connectivity index (χ4n) is 6.79. The van der Waals surface area contributed by atoms with Crippen molar-refractivity contribution < 1.29 is 9.53 Å². The molecule has 0 aromatic heterocycles. The second-order valence-corrected chi connectivity index (χ2v) is 14.7. The highest BCUT2D eigenvalue weighted by Crippen LogP contribution is 2.16. The Labute approximate surface area is 285 Å². The maximum absolute atomic E-state index is 12.0. The third-order valence-electron chi connectivity index (χ3n) is 10.00. The van der Waals surface area contributed by atoms with Gasteiger partial charge in [0.05, 0.1) is 6.61 Å². The second kappa shape index (κ2) is 41.5. The molecule has 0 aliphatic heterocycles. The number of rotatable bonds is 40. The zero-order valence-corrected chi connectivity index (χ0v) is 31.6. The van der Waals surface area contributed by atoms with Crippen molar-refractivity contribution in [2.45, 2.75) is 264 Å². The molecule has 2 nitrogen and oxygen atoms in total. The van der Waals surface area contributed by atoms with Crippen molar-refractivity contribution in [3.05, 3.63) is 0 Å². The van der Waals surface area contributed by atoms with Gasteiger partial charge in [-0.1, -0.05) is 245 Å². The fraction of sp³-hybridized carbons (Fsp3) is 0.977. The van der Waals surface area contributed by atoms with Crippen LogP contribution < -0.4 is 0 Å². The molecule has 0 radical (unpaired) electrons. The molecule has 0 aliphatic rings. The van der Waals surface area contributed by atoms with Gasteiger partial charge in [-0.05, 0) is 12.8 Å². The lowest BCUT2D eigenvalue weighted by Crippen LogP contribution is -2.05. The van der Waals surface area contributed by atoms with Gasteiger partial charge in [0.25, 0.3) is 0 Å². The molecule has 0 heterocycles. The van der Waals surface area contributed by atoms with Gasteiger partial charge in [-0.15, -0.1) is 0 Å². The predicted octanol–water partition coefficient (Wildman–Crippen LogP) is 15.8. The van der Waals surface area contributed by atoms with Crippen LogP contribution in [0.25, 0.3) is 0 Å². The van der Waals surface area contributed by atoms with E-state index in [-0.39, 0.29) is 5.97 Å². The zero-order valence-electron chi connectivity index (χ0n) is 31.6. The Bertz CT molecular complexity index is 530. The molecule has 0 atom stereocenters. The topological polar surface area (TPSA) is 26.3 Å². The summed E-state index contributed by atoms with van der Waals surface area (Å²) in [5.41, 5.74) is 0. The molecule has 0 saturated carbocycles. The Morgan fingerprint density at radius 3 is 0.733 bits per heavy atom. The highest BCUT2D eigenvalue weighted by atomic mass is 16.5. The summed E-state index contributed by atoms with van der Waals surface area (Å²) in [6.07, 6.45) is 53.5. The number of esters is 1. The molecule has 0 aromatic rings. The smallest absolute Gasteiger partial charge is 0.305 e. The van der Waals surface area contributed by atoms with E-state index in [1.54, 1.807) is 0 Å². The molecule has 0 bridgehead atoms. The summed E-state index contributed by atoms with van der Waals surface area (Å²) in [6.45, 7) is 5.23. The van der Waals surface area contributed by atoms with Gasteiger partial charge in [-0.25, -0.2) is 0 Å². The van der Waals surface area contributed by atoms with E-state index in [9.17, 15) is 4.79 Å². The van der Waals surface area contributed by atoms with Gasteiger partial charge in [-0.2, -0.15) is 0 Å². The molecule has 45 heavy (non-hydrogen) atoms. The first kappa shape index (κ1) is 44.5. The summed E-state index contributed by atoms with van der Waals surface area (Å²) in [5.74, 6) is 0.0310. The van der Waals surface area contributed by atoms with Crippen LogP contribution in [0.15, 0.2) is 0 Å². The first-order chi connectivity index (χ1) is 22.3. The zero-order chi connectivity index (χ0) is 32.6. The number of hydrogen-bond acceptors (Lipinski definition) is 2. The van der Waals surface area contributed by atoms with E-state index in [1.165, 1.54) is 231 Å². The lowest BCUT2D eigenvalue weighted by molar-refractivity contribution is -0.143. The van der Waals surface area contributed by atoms with Gasteiger partial charge in [-0.3, -0.25) is 4.79 Å². The van der Waals surface area contributed by atoms with Crippen molar-refractivity contribution in [3.63, 3.8) is 0 Å². The number of carbonyl (C=O) groups is 1. The highest BCUT2D eigenvalue weighted by molar-refractivity contribution is 5.69. The van der Waals surface area contributed by atoms with E-state index in [1.807, 2.05) is 0 Å². The van der Waals surface area contributed by atoms with Crippen LogP contribution in [0, 0.1) is 0 Å². The summed E-state index contributed by atoms with van der Waals surface area (Å²) in [4.78, 5) is 12.0. The maximum atomic E-state index is 12.0. The van der Waals surface area contributed by atoms with E-state index < -0.39 is 0 Å². The minimum absolute atomic E-state index is 0.0310. The van der Waals surface area contributed by atoms with Crippen LogP contribution in [-0.4, -0.2) is 12.6 Å². The summed E-state index contributed by atoms with van der Waals surface area (Å²) in [6, 6.07) is 0. The third-order valence-corrected chi connectivity index (χ3v) is 10.00. The van der Waals surface area contributed by atoms with E-state index >= 15 is 0 Å². The first-order valence-electron chi connectivity index (χ1n) is 21.5. The second-order valence-electron chi connectivity index (χ2n) is 14.7. The van der Waals surface area contributed by atoms with Crippen molar-refractivity contribution in [3.8, 4) is 0 Å². The summed E-state index contributed by atoms with van der Waals surface area (Å²) >= 11 is 0. The van der Waals surface area contributed by atoms with Gasteiger partial charge in [0.1, 0.15) is 0 Å². The predicted molar refractivity (Wildman–Crippen MR) is 202 cm³/mol. The largest absolute Gasteiger partial charge is 0.466 e. The van der Waals surface area contributed by atoms with E-state index in [0.29, 0.717) is 13.0 Å². The Morgan fingerprint density at radius 2 is 0.489 bits per heavy atom. The first-order valence-corrected chi connectivity index (χ1v) is 21.5. The fourth-order valence-corrected chi connectivity index (χ4v) is 6.79. The van der Waals surface area contributed by atoms with Gasteiger partial charge in [0, 0.05) is 6.42 Å². The van der Waals surface area contributed by atoms with Crippen LogP contribution in [0.4, 0.5) is 0 Å². The average Bonchev–Trinajstić information content (AvgIpc) is 3.05. The molecular weight excluding hydrogens is 548 g/mol. The Balaban J connectivity index is 3.13. The highest BCUT2D eigenvalue weighted by Gasteiger charge is 2.03. The average molecular weight is 635 g/mol. The standard InChI is InChI=1S/C43H86O2/c1-3-5-7-9-11-13-15-17-19-20-21-22-23-24-25-26-27-28-29-31-33-35-37-39-41-43(44)45-42-40-38-36-34-32-30-18-16-14-12-10-8-6-4-2/h3-42H2,1-2H3. The molecule has 270 valence electrons. The molecule has 0 amide bonds. The molecule has 0 N–H and O–H groups in total. The Hall–Kier alpha value is -0.530. The van der Waals surface area contributed by atoms with Gasteiger partial charge in [0.2, 0.25) is 0 Å². The minimum atomic E-state index is 0.0310. The quantitative estimate of drug-likeness (QED) is 0.0495. The SMILES string of the molecule is CCCCCCCCCCCCCCCCCCCCCCCCCCC(=O)OCCCCCCCCCCCCCCCC. The Kier molecular flexibility index (Phi) is 41.0. The van der Waals surface area contributed by atoms with E-state index in [2.05, 4.69) is 13.8 Å². The van der Waals surface area contributed by atoms with E-state index in [4.69, 9.17) is 4.74 Å². The molecule has 0 aliphatic carbocycles. The lowest BCUT2D eigenvalue weighted by Gasteiger charge is -2.06. The molecular formula is C43H86O2. The molecule has 0 spiro atoms. The van der Waals surface area contributed by atoms with Crippen molar-refractivity contribution >= 4 is 5.97 Å². The monoisotopic (exact) mass is 635 g/mol. The number of unbranched alkanes of at least 4 members (excludes halogenated alkanes) is 36. The molecule has 0 fully saturated rings. The van der Waals surface area contributed by atoms with Crippen molar-refractivity contribution in [2.24, 2.45) is 0 Å². The summed E-state index contributed by atoms with van der Waals surface area (Å²) in [7, 11) is 0. The summed E-state index contributed by atoms with van der Waals surface area (Å²) in [5, 5.41) is 0. The van der Waals surface area contributed by atoms with Crippen molar-refractivity contribution in [1.82, 2.24) is 0 Å². The van der Waals surface area contributed by atoms with Gasteiger partial charge < -0.3 is 4.74 Å². The Morgan fingerprint density at radius 1 is 0.289 bits per heavy atom. The molecule has 0 aromatic carbocycles. The van der Waals surface area contributed by atoms with Crippen LogP contribution >= 0.6 is 0 Å².